The minimum atomic E-state index is -4.78. The van der Waals surface area contributed by atoms with Gasteiger partial charge in [-0.1, -0.05) is 61.3 Å². The van der Waals surface area contributed by atoms with Gasteiger partial charge in [0.05, 0.1) is 17.0 Å². The van der Waals surface area contributed by atoms with Crippen LogP contribution in [0, 0.1) is 47.4 Å². The van der Waals surface area contributed by atoms with Crippen LogP contribution in [-0.4, -0.2) is 34.5 Å². The van der Waals surface area contributed by atoms with Gasteiger partial charge in [-0.15, -0.1) is 0 Å². The third-order valence-electron chi connectivity index (χ3n) is 7.91. The number of nitrogens with zero attached hydrogens (tertiary/aromatic N) is 1. The van der Waals surface area contributed by atoms with Gasteiger partial charge in [-0.3, -0.25) is 19.8 Å². The van der Waals surface area contributed by atoms with Gasteiger partial charge in [-0.25, -0.2) is 22.6 Å². The van der Waals surface area contributed by atoms with E-state index in [1.807, 2.05) is 26.8 Å². The van der Waals surface area contributed by atoms with Crippen LogP contribution in [0.25, 0.3) is 0 Å². The predicted octanol–water partition coefficient (Wildman–Crippen LogP) is 9.48. The van der Waals surface area contributed by atoms with Crippen LogP contribution in [0.4, 0.5) is 30.7 Å². The molecule has 1 N–H and O–H groups in total. The lowest BCUT2D eigenvalue weighted by Crippen LogP contribution is -2.55. The zero-order valence-corrected chi connectivity index (χ0v) is 29.1. The minimum Gasteiger partial charge on any atom is -0.460 e. The van der Waals surface area contributed by atoms with Crippen LogP contribution in [0.15, 0.2) is 65.7 Å². The maximum Gasteiger partial charge on any atom is 0.426 e. The van der Waals surface area contributed by atoms with E-state index < -0.39 is 81.0 Å². The summed E-state index contributed by atoms with van der Waals surface area (Å²) in [6.07, 6.45) is -4.11. The van der Waals surface area contributed by atoms with Crippen molar-refractivity contribution in [3.63, 3.8) is 0 Å². The molecular formula is C35H33Cl2F7N2O4. The Kier molecular flexibility index (Phi) is 12.4. The first-order chi connectivity index (χ1) is 23.0. The van der Waals surface area contributed by atoms with Crippen molar-refractivity contribution in [2.75, 3.05) is 0 Å². The van der Waals surface area contributed by atoms with E-state index >= 15 is 0 Å². The third kappa shape index (κ3) is 9.36. The van der Waals surface area contributed by atoms with Crippen LogP contribution < -0.4 is 5.43 Å². The quantitative estimate of drug-likeness (QED) is 0.118. The van der Waals surface area contributed by atoms with Gasteiger partial charge in [-0.2, -0.15) is 13.2 Å². The van der Waals surface area contributed by atoms with Crippen molar-refractivity contribution in [3.8, 4) is 0 Å². The Morgan fingerprint density at radius 1 is 0.880 bits per heavy atom. The van der Waals surface area contributed by atoms with Gasteiger partial charge in [0.25, 0.3) is 11.8 Å². The Bertz CT molecular complexity index is 1750. The largest absolute Gasteiger partial charge is 0.460 e. The summed E-state index contributed by atoms with van der Waals surface area (Å²) in [6, 6.07) is 15.4. The highest BCUT2D eigenvalue weighted by atomic mass is 35.5. The second-order valence-corrected chi connectivity index (χ2v) is 13.8. The number of carbonyl (C=O) groups is 3. The molecule has 1 fully saturated rings. The normalized spacial score (nSPS) is 16.9. The van der Waals surface area contributed by atoms with Gasteiger partial charge in [0.1, 0.15) is 11.6 Å². The fraction of sp³-hybridized carbons (Fsp3) is 0.343. The molecular weight excluding hydrogens is 716 g/mol. The summed E-state index contributed by atoms with van der Waals surface area (Å²) in [7, 11) is 0. The predicted molar refractivity (Wildman–Crippen MR) is 173 cm³/mol. The van der Waals surface area contributed by atoms with Crippen molar-refractivity contribution in [1.29, 1.82) is 0 Å². The van der Waals surface area contributed by atoms with Gasteiger partial charge in [-0.05, 0) is 75.4 Å². The Hall–Kier alpha value is -4.10. The van der Waals surface area contributed by atoms with E-state index in [0.717, 1.165) is 6.92 Å². The number of nitrogens with one attached hydrogen (secondary N) is 1. The number of hydrogen-bond donors (Lipinski definition) is 1. The molecule has 1 aliphatic carbocycles. The summed E-state index contributed by atoms with van der Waals surface area (Å²) in [5.41, 5.74) is 0.137. The molecule has 0 aliphatic heterocycles. The molecule has 0 heterocycles. The van der Waals surface area contributed by atoms with E-state index in [1.165, 1.54) is 18.9 Å². The number of carbonyl (C=O) groups excluding carboxylic acids is 3. The lowest BCUT2D eigenvalue weighted by atomic mass is 10.1. The van der Waals surface area contributed by atoms with Crippen LogP contribution in [-0.2, 0) is 16.1 Å². The maximum absolute atomic E-state index is 13.8. The molecule has 270 valence electrons. The molecule has 0 aromatic heterocycles. The summed E-state index contributed by atoms with van der Waals surface area (Å²) >= 11 is 11.0. The average Bonchev–Trinajstić information content (AvgIpc) is 3.59. The van der Waals surface area contributed by atoms with Crippen molar-refractivity contribution in [2.45, 2.75) is 59.9 Å². The Balaban J connectivity index is 0.000000274. The minimum absolute atomic E-state index is 0.264. The first-order valence-electron chi connectivity index (χ1n) is 14.9. The summed E-state index contributed by atoms with van der Waals surface area (Å²) in [5, 5.41) is 0.490. The number of hydrogen-bond acceptors (Lipinski definition) is 4. The number of rotatable bonds is 6. The van der Waals surface area contributed by atoms with Gasteiger partial charge in [0.2, 0.25) is 0 Å². The zero-order valence-electron chi connectivity index (χ0n) is 27.6. The summed E-state index contributed by atoms with van der Waals surface area (Å²) < 4.78 is 96.8. The molecule has 50 heavy (non-hydrogen) atoms. The number of allylic oxidation sites excluding steroid dienone is 2. The highest BCUT2D eigenvalue weighted by molar-refractivity contribution is 6.30. The molecule has 0 radical (unpaired) electrons. The van der Waals surface area contributed by atoms with Crippen molar-refractivity contribution in [2.24, 2.45) is 17.3 Å². The first kappa shape index (κ1) is 40.3. The number of halogens is 9. The molecule has 6 nitrogen and oxygen atoms in total. The SMILES string of the molecule is CC(C)(C)N(NC(=O)c1ccc(Cl)cc1)C(=O)c1ccccc1.Cc1c(F)c(F)c(COC(=O)C2C(/C=C(\Cl)C(F)(F)F)C2(C)C)c(F)c1F. The molecule has 2 unspecified atom stereocenters. The molecule has 1 saturated carbocycles. The number of alkyl halides is 3. The lowest BCUT2D eigenvalue weighted by Gasteiger charge is -2.35. The highest BCUT2D eigenvalue weighted by Crippen LogP contribution is 2.60. The number of esters is 1. The molecule has 3 aromatic carbocycles. The van der Waals surface area contributed by atoms with Crippen molar-refractivity contribution in [3.05, 3.63) is 116 Å². The summed E-state index contributed by atoms with van der Waals surface area (Å²) in [6.45, 7) is 8.25. The second-order valence-electron chi connectivity index (χ2n) is 12.9. The van der Waals surface area contributed by atoms with E-state index in [4.69, 9.17) is 27.9 Å². The smallest absolute Gasteiger partial charge is 0.426 e. The summed E-state index contributed by atoms with van der Waals surface area (Å²) in [5.74, 6) is -10.3. The second kappa shape index (κ2) is 15.4. The summed E-state index contributed by atoms with van der Waals surface area (Å²) in [4.78, 5) is 37.2. The van der Waals surface area contributed by atoms with Crippen molar-refractivity contribution in [1.82, 2.24) is 10.4 Å². The standard InChI is InChI=1S/C18H19ClN2O2.C17H14ClF7O2/c1-18(2,3)21(17(23)14-7-5-4-6-8-14)20-16(22)13-9-11-15(19)12-10-13;1-6-11(19)13(21)7(14(22)12(6)20)5-27-15(26)10-8(16(10,2)3)4-9(18)17(23,24)25/h4-12H,1-3H3,(H,20,22);4,8,10H,5H2,1-3H3/b;9-4-. The molecule has 0 spiro atoms. The molecule has 3 aromatic rings. The number of benzene rings is 3. The first-order valence-corrected chi connectivity index (χ1v) is 15.6. The zero-order chi connectivity index (χ0) is 37.9. The number of ether oxygens (including phenoxy) is 1. The van der Waals surface area contributed by atoms with E-state index in [0.29, 0.717) is 22.2 Å². The van der Waals surface area contributed by atoms with E-state index in [1.54, 1.807) is 48.5 Å². The number of amides is 2. The molecule has 4 rings (SSSR count). The van der Waals surface area contributed by atoms with Crippen molar-refractivity contribution >= 4 is 41.0 Å². The van der Waals surface area contributed by atoms with E-state index in [-0.39, 0.29) is 11.8 Å². The van der Waals surface area contributed by atoms with E-state index in [2.05, 4.69) is 5.43 Å². The van der Waals surface area contributed by atoms with Crippen LogP contribution in [0.1, 0.15) is 66.5 Å². The van der Waals surface area contributed by atoms with Crippen LogP contribution in [0.2, 0.25) is 5.02 Å². The number of hydrazine groups is 1. The molecule has 0 bridgehead atoms. The van der Waals surface area contributed by atoms with Gasteiger partial charge in [0, 0.05) is 21.7 Å². The van der Waals surface area contributed by atoms with Crippen molar-refractivity contribution < 1.29 is 49.9 Å². The fourth-order valence-corrected chi connectivity index (χ4v) is 5.10. The fourth-order valence-electron chi connectivity index (χ4n) is 4.84. The molecule has 0 saturated heterocycles. The Morgan fingerprint density at radius 3 is 1.88 bits per heavy atom. The highest BCUT2D eigenvalue weighted by Gasteiger charge is 2.62. The average molecular weight is 750 g/mol. The van der Waals surface area contributed by atoms with Crippen LogP contribution >= 0.6 is 23.2 Å². The third-order valence-corrected chi connectivity index (χ3v) is 8.50. The van der Waals surface area contributed by atoms with E-state index in [9.17, 15) is 45.1 Å². The molecule has 15 heteroatoms. The topological polar surface area (TPSA) is 75.7 Å². The molecule has 1 aliphatic rings. The van der Waals surface area contributed by atoms with Gasteiger partial charge < -0.3 is 4.74 Å². The molecule has 2 atom stereocenters. The maximum atomic E-state index is 13.8. The Morgan fingerprint density at radius 2 is 1.40 bits per heavy atom. The Labute approximate surface area is 294 Å². The monoisotopic (exact) mass is 748 g/mol. The van der Waals surface area contributed by atoms with Crippen LogP contribution in [0.5, 0.6) is 0 Å². The van der Waals surface area contributed by atoms with Gasteiger partial charge >= 0.3 is 12.1 Å². The molecule has 2 amide bonds. The van der Waals surface area contributed by atoms with Crippen LogP contribution in [0.3, 0.4) is 0 Å². The lowest BCUT2D eigenvalue weighted by molar-refractivity contribution is -0.147. The van der Waals surface area contributed by atoms with Gasteiger partial charge in [0.15, 0.2) is 23.3 Å².